The molecule has 0 bridgehead atoms. The van der Waals surface area contributed by atoms with Crippen LogP contribution in [0.3, 0.4) is 0 Å². The predicted octanol–water partition coefficient (Wildman–Crippen LogP) is 1.45. The molecule has 2 amide bonds. The Kier molecular flexibility index (Phi) is 3.11. The predicted molar refractivity (Wildman–Crippen MR) is 72.4 cm³/mol. The van der Waals surface area contributed by atoms with E-state index in [-0.39, 0.29) is 24.2 Å². The molecular weight excluding hydrogens is 282 g/mol. The number of aromatic nitrogens is 3. The van der Waals surface area contributed by atoms with E-state index >= 15 is 0 Å². The summed E-state index contributed by atoms with van der Waals surface area (Å²) < 4.78 is 1.40. The minimum absolute atomic E-state index is 0.0236. The van der Waals surface area contributed by atoms with E-state index in [1.54, 1.807) is 24.3 Å². The van der Waals surface area contributed by atoms with Crippen LogP contribution in [0, 0.1) is 0 Å². The van der Waals surface area contributed by atoms with Gasteiger partial charge in [0.25, 0.3) is 0 Å². The molecule has 2 N–H and O–H groups in total. The first-order chi connectivity index (χ1) is 9.63. The van der Waals surface area contributed by atoms with Crippen molar-refractivity contribution in [2.75, 3.05) is 10.6 Å². The average Bonchev–Trinajstić information content (AvgIpc) is 2.88. The van der Waals surface area contributed by atoms with Gasteiger partial charge in [-0.3, -0.25) is 14.9 Å². The third kappa shape index (κ3) is 2.35. The number of anilines is 2. The van der Waals surface area contributed by atoms with E-state index in [0.29, 0.717) is 10.7 Å². The molecule has 20 heavy (non-hydrogen) atoms. The van der Waals surface area contributed by atoms with Crippen LogP contribution in [0.25, 0.3) is 0 Å². The summed E-state index contributed by atoms with van der Waals surface area (Å²) in [5, 5.41) is 9.81. The second-order valence-electron chi connectivity index (χ2n) is 4.29. The molecule has 2 aromatic rings. The first-order valence-corrected chi connectivity index (χ1v) is 6.27. The fourth-order valence-corrected chi connectivity index (χ4v) is 2.09. The number of hydrogen-bond donors (Lipinski definition) is 2. The number of carbonyl (C=O) groups excluding carboxylic acids is 2. The maximum atomic E-state index is 12.2. The van der Waals surface area contributed by atoms with E-state index in [4.69, 9.17) is 11.6 Å². The number of nitrogens with one attached hydrogen (secondary N) is 2. The van der Waals surface area contributed by atoms with Crippen molar-refractivity contribution in [1.82, 2.24) is 14.8 Å². The maximum Gasteiger partial charge on any atom is 0.249 e. The van der Waals surface area contributed by atoms with Gasteiger partial charge in [-0.1, -0.05) is 11.6 Å². The Labute approximate surface area is 118 Å². The van der Waals surface area contributed by atoms with E-state index in [1.165, 1.54) is 11.0 Å². The molecule has 2 heterocycles. The van der Waals surface area contributed by atoms with Gasteiger partial charge in [0.05, 0.1) is 6.42 Å². The van der Waals surface area contributed by atoms with Crippen molar-refractivity contribution in [2.45, 2.75) is 12.5 Å². The van der Waals surface area contributed by atoms with Crippen LogP contribution in [0.4, 0.5) is 11.6 Å². The molecule has 0 aliphatic carbocycles. The summed E-state index contributed by atoms with van der Waals surface area (Å²) in [5.41, 5.74) is 0.604. The van der Waals surface area contributed by atoms with Gasteiger partial charge < -0.3 is 5.32 Å². The van der Waals surface area contributed by atoms with Gasteiger partial charge in [-0.25, -0.2) is 4.68 Å². The Hall–Kier alpha value is -2.41. The lowest BCUT2D eigenvalue weighted by Gasteiger charge is -2.22. The molecule has 3 rings (SSSR count). The summed E-state index contributed by atoms with van der Waals surface area (Å²) in [4.78, 5) is 27.7. The first kappa shape index (κ1) is 12.6. The van der Waals surface area contributed by atoms with Gasteiger partial charge in [0.15, 0.2) is 0 Å². The Morgan fingerprint density at radius 2 is 2.15 bits per heavy atom. The molecule has 1 aromatic carbocycles. The summed E-state index contributed by atoms with van der Waals surface area (Å²) in [7, 11) is 0. The largest absolute Gasteiger partial charge is 0.324 e. The SMILES string of the molecule is O=C1C[C@H](C(=O)Nc2ccc(Cl)cc2)n2ncnc2N1. The Bertz CT molecular complexity index is 667. The van der Waals surface area contributed by atoms with Crippen molar-refractivity contribution in [2.24, 2.45) is 0 Å². The number of nitrogens with zero attached hydrogens (tertiary/aromatic N) is 3. The number of rotatable bonds is 2. The summed E-state index contributed by atoms with van der Waals surface area (Å²) in [6.07, 6.45) is 1.32. The van der Waals surface area contributed by atoms with Crippen LogP contribution < -0.4 is 10.6 Å². The molecule has 1 aliphatic rings. The second kappa shape index (κ2) is 4.93. The molecule has 0 fully saturated rings. The lowest BCUT2D eigenvalue weighted by Crippen LogP contribution is -2.35. The fourth-order valence-electron chi connectivity index (χ4n) is 1.97. The summed E-state index contributed by atoms with van der Waals surface area (Å²) in [6, 6.07) is 6.01. The molecule has 1 atom stereocenters. The molecule has 1 aliphatic heterocycles. The molecule has 102 valence electrons. The molecule has 0 radical (unpaired) electrons. The van der Waals surface area contributed by atoms with Crippen LogP contribution in [0.15, 0.2) is 30.6 Å². The number of carbonyl (C=O) groups is 2. The topological polar surface area (TPSA) is 88.9 Å². The van der Waals surface area contributed by atoms with Crippen molar-refractivity contribution in [3.05, 3.63) is 35.6 Å². The zero-order valence-corrected chi connectivity index (χ0v) is 11.0. The highest BCUT2D eigenvalue weighted by Crippen LogP contribution is 2.23. The first-order valence-electron chi connectivity index (χ1n) is 5.89. The van der Waals surface area contributed by atoms with Crippen molar-refractivity contribution >= 4 is 35.1 Å². The van der Waals surface area contributed by atoms with Crippen molar-refractivity contribution in [1.29, 1.82) is 0 Å². The van der Waals surface area contributed by atoms with Gasteiger partial charge >= 0.3 is 0 Å². The Morgan fingerprint density at radius 1 is 1.40 bits per heavy atom. The normalized spacial score (nSPS) is 17.2. The Balaban J connectivity index is 1.81. The maximum absolute atomic E-state index is 12.2. The molecule has 0 spiro atoms. The molecule has 8 heteroatoms. The number of halogens is 1. The summed E-state index contributed by atoms with van der Waals surface area (Å²) in [6.45, 7) is 0. The zero-order chi connectivity index (χ0) is 14.1. The van der Waals surface area contributed by atoms with Crippen LogP contribution >= 0.6 is 11.6 Å². The fraction of sp³-hybridized carbons (Fsp3) is 0.167. The zero-order valence-electron chi connectivity index (χ0n) is 10.2. The minimum atomic E-state index is -0.711. The third-order valence-corrected chi connectivity index (χ3v) is 3.16. The van der Waals surface area contributed by atoms with Gasteiger partial charge in [0.2, 0.25) is 17.8 Å². The third-order valence-electron chi connectivity index (χ3n) is 2.91. The quantitative estimate of drug-likeness (QED) is 0.876. The molecule has 0 saturated heterocycles. The molecular formula is C12H10ClN5O2. The highest BCUT2D eigenvalue weighted by atomic mass is 35.5. The molecule has 0 saturated carbocycles. The number of fused-ring (bicyclic) bond motifs is 1. The molecule has 0 unspecified atom stereocenters. The summed E-state index contributed by atoms with van der Waals surface area (Å²) in [5.74, 6) is -0.312. The smallest absolute Gasteiger partial charge is 0.249 e. The van der Waals surface area contributed by atoms with E-state index in [0.717, 1.165) is 0 Å². The highest BCUT2D eigenvalue weighted by molar-refractivity contribution is 6.30. The number of amides is 2. The van der Waals surface area contributed by atoms with E-state index in [1.807, 2.05) is 0 Å². The van der Waals surface area contributed by atoms with Crippen LogP contribution in [-0.2, 0) is 9.59 Å². The van der Waals surface area contributed by atoms with Gasteiger partial charge in [-0.2, -0.15) is 10.1 Å². The van der Waals surface area contributed by atoms with Gasteiger partial charge in [0, 0.05) is 10.7 Å². The van der Waals surface area contributed by atoms with Crippen molar-refractivity contribution in [3.63, 3.8) is 0 Å². The molecule has 7 nitrogen and oxygen atoms in total. The van der Waals surface area contributed by atoms with E-state index in [9.17, 15) is 9.59 Å². The van der Waals surface area contributed by atoms with Gasteiger partial charge in [-0.15, -0.1) is 0 Å². The monoisotopic (exact) mass is 291 g/mol. The van der Waals surface area contributed by atoms with Gasteiger partial charge in [-0.05, 0) is 24.3 Å². The second-order valence-corrected chi connectivity index (χ2v) is 4.73. The standard InChI is InChI=1S/C12H10ClN5O2/c13-7-1-3-8(4-2-7)16-11(20)9-5-10(19)17-12-14-6-15-18(9)12/h1-4,6,9H,5H2,(H,16,20)(H,14,15,17,19)/t9-/m1/s1. The number of hydrogen-bond acceptors (Lipinski definition) is 4. The average molecular weight is 292 g/mol. The Morgan fingerprint density at radius 3 is 2.90 bits per heavy atom. The van der Waals surface area contributed by atoms with E-state index < -0.39 is 6.04 Å². The lowest BCUT2D eigenvalue weighted by atomic mass is 10.1. The van der Waals surface area contributed by atoms with Gasteiger partial charge in [0.1, 0.15) is 12.4 Å². The molecule has 1 aromatic heterocycles. The summed E-state index contributed by atoms with van der Waals surface area (Å²) >= 11 is 5.78. The van der Waals surface area contributed by atoms with E-state index in [2.05, 4.69) is 20.7 Å². The van der Waals surface area contributed by atoms with Crippen LogP contribution in [0.5, 0.6) is 0 Å². The van der Waals surface area contributed by atoms with Crippen molar-refractivity contribution < 1.29 is 9.59 Å². The number of benzene rings is 1. The van der Waals surface area contributed by atoms with Crippen LogP contribution in [0.2, 0.25) is 5.02 Å². The van der Waals surface area contributed by atoms with Crippen molar-refractivity contribution in [3.8, 4) is 0 Å². The van der Waals surface area contributed by atoms with Crippen LogP contribution in [-0.4, -0.2) is 26.6 Å². The lowest BCUT2D eigenvalue weighted by molar-refractivity contribution is -0.125. The highest BCUT2D eigenvalue weighted by Gasteiger charge is 2.31. The minimum Gasteiger partial charge on any atom is -0.324 e. The van der Waals surface area contributed by atoms with Crippen LogP contribution in [0.1, 0.15) is 12.5 Å².